The van der Waals surface area contributed by atoms with Crippen LogP contribution in [0.1, 0.15) is 92.4 Å². The average molecular weight is 270 g/mol. The fraction of sp³-hybridized carbons (Fsp3) is 0.941. The molecule has 0 bridgehead atoms. The van der Waals surface area contributed by atoms with Gasteiger partial charge in [0.25, 0.3) is 0 Å². The van der Waals surface area contributed by atoms with Crippen molar-refractivity contribution in [2.75, 3.05) is 0 Å². The van der Waals surface area contributed by atoms with Gasteiger partial charge in [-0.05, 0) is 39.5 Å². The largest absolute Gasteiger partial charge is 0.462 e. The first kappa shape index (κ1) is 18.5. The first-order chi connectivity index (χ1) is 8.97. The van der Waals surface area contributed by atoms with Gasteiger partial charge >= 0.3 is 5.97 Å². The Hall–Kier alpha value is -0.530. The molecule has 114 valence electrons. The van der Waals surface area contributed by atoms with Crippen LogP contribution in [0.4, 0.5) is 0 Å². The molecule has 2 heteroatoms. The summed E-state index contributed by atoms with van der Waals surface area (Å²) in [6.45, 7) is 10.4. The van der Waals surface area contributed by atoms with Crippen LogP contribution in [-0.4, -0.2) is 12.1 Å². The highest BCUT2D eigenvalue weighted by molar-refractivity contribution is 5.75. The Morgan fingerprint density at radius 1 is 0.947 bits per heavy atom. The van der Waals surface area contributed by atoms with E-state index in [1.807, 2.05) is 20.8 Å². The van der Waals surface area contributed by atoms with Crippen molar-refractivity contribution in [3.63, 3.8) is 0 Å². The minimum absolute atomic E-state index is 0.0259. The maximum absolute atomic E-state index is 12.1. The highest BCUT2D eigenvalue weighted by Crippen LogP contribution is 2.24. The van der Waals surface area contributed by atoms with Crippen molar-refractivity contribution in [1.82, 2.24) is 0 Å². The lowest BCUT2D eigenvalue weighted by atomic mass is 9.90. The maximum Gasteiger partial charge on any atom is 0.311 e. The van der Waals surface area contributed by atoms with Crippen molar-refractivity contribution >= 4 is 5.97 Å². The molecule has 1 unspecified atom stereocenters. The third kappa shape index (κ3) is 8.28. The van der Waals surface area contributed by atoms with Crippen LogP contribution in [0, 0.1) is 5.41 Å². The van der Waals surface area contributed by atoms with Gasteiger partial charge in [-0.15, -0.1) is 0 Å². The predicted octanol–water partition coefficient (Wildman–Crippen LogP) is 5.50. The monoisotopic (exact) mass is 270 g/mol. The van der Waals surface area contributed by atoms with Gasteiger partial charge in [0.05, 0.1) is 5.41 Å². The zero-order chi connectivity index (χ0) is 14.7. The summed E-state index contributed by atoms with van der Waals surface area (Å²) >= 11 is 0. The fourth-order valence-electron chi connectivity index (χ4n) is 2.01. The quantitative estimate of drug-likeness (QED) is 0.366. The molecule has 0 amide bonds. The van der Waals surface area contributed by atoms with Crippen LogP contribution >= 0.6 is 0 Å². The lowest BCUT2D eigenvalue weighted by Gasteiger charge is -2.25. The summed E-state index contributed by atoms with van der Waals surface area (Å²) in [6, 6.07) is 0. The van der Waals surface area contributed by atoms with Crippen molar-refractivity contribution in [1.29, 1.82) is 0 Å². The van der Waals surface area contributed by atoms with Gasteiger partial charge in [-0.1, -0.05) is 52.9 Å². The Kier molecular flexibility index (Phi) is 9.99. The molecule has 0 saturated carbocycles. The summed E-state index contributed by atoms with van der Waals surface area (Å²) in [7, 11) is 0. The molecule has 0 fully saturated rings. The molecular formula is C17H34O2. The summed E-state index contributed by atoms with van der Waals surface area (Å²) in [4.78, 5) is 12.1. The molecule has 0 heterocycles. The first-order valence-electron chi connectivity index (χ1n) is 8.19. The van der Waals surface area contributed by atoms with E-state index in [1.54, 1.807) is 0 Å². The molecule has 0 aromatic rings. The second-order valence-electron chi connectivity index (χ2n) is 6.26. The van der Waals surface area contributed by atoms with Crippen molar-refractivity contribution in [2.45, 2.75) is 98.5 Å². The summed E-state index contributed by atoms with van der Waals surface area (Å²) in [6.07, 6.45) is 10.4. The minimum atomic E-state index is -0.339. The molecule has 0 N–H and O–H groups in total. The van der Waals surface area contributed by atoms with Crippen molar-refractivity contribution < 1.29 is 9.53 Å². The second-order valence-corrected chi connectivity index (χ2v) is 6.26. The van der Waals surface area contributed by atoms with E-state index in [9.17, 15) is 4.79 Å². The molecule has 19 heavy (non-hydrogen) atoms. The van der Waals surface area contributed by atoms with Gasteiger partial charge in [0, 0.05) is 0 Å². The van der Waals surface area contributed by atoms with E-state index in [1.165, 1.54) is 32.1 Å². The van der Waals surface area contributed by atoms with Gasteiger partial charge in [0.2, 0.25) is 0 Å². The number of unbranched alkanes of at least 4 members (excludes halogenated alkanes) is 4. The normalized spacial score (nSPS) is 13.3. The summed E-state index contributed by atoms with van der Waals surface area (Å²) in [5.41, 5.74) is -0.339. The highest BCUT2D eigenvalue weighted by atomic mass is 16.5. The molecule has 0 aliphatic carbocycles. The van der Waals surface area contributed by atoms with E-state index in [2.05, 4.69) is 13.8 Å². The van der Waals surface area contributed by atoms with Crippen molar-refractivity contribution in [3.8, 4) is 0 Å². The molecule has 1 atom stereocenters. The second kappa shape index (κ2) is 10.3. The van der Waals surface area contributed by atoms with E-state index in [0.29, 0.717) is 0 Å². The first-order valence-corrected chi connectivity index (χ1v) is 8.19. The van der Waals surface area contributed by atoms with Gasteiger partial charge in [-0.2, -0.15) is 0 Å². The summed E-state index contributed by atoms with van der Waals surface area (Å²) in [5.74, 6) is -0.0259. The van der Waals surface area contributed by atoms with E-state index in [4.69, 9.17) is 4.74 Å². The lowest BCUT2D eigenvalue weighted by molar-refractivity contribution is -0.160. The topological polar surface area (TPSA) is 26.3 Å². The Morgan fingerprint density at radius 2 is 1.58 bits per heavy atom. The number of ether oxygens (including phenoxy) is 1. The molecule has 0 saturated heterocycles. The molecule has 0 aromatic carbocycles. The number of rotatable bonds is 11. The third-order valence-corrected chi connectivity index (χ3v) is 3.95. The Morgan fingerprint density at radius 3 is 2.11 bits per heavy atom. The smallest absolute Gasteiger partial charge is 0.311 e. The molecule has 0 rings (SSSR count). The molecule has 0 aromatic heterocycles. The van der Waals surface area contributed by atoms with Crippen molar-refractivity contribution in [2.24, 2.45) is 5.41 Å². The van der Waals surface area contributed by atoms with Crippen LogP contribution in [-0.2, 0) is 9.53 Å². The van der Waals surface area contributed by atoms with Gasteiger partial charge in [0.15, 0.2) is 0 Å². The Labute approximate surface area is 120 Å². The SMILES string of the molecule is CCCCCCCC(CCC)OC(=O)C(C)(C)CC. The number of carbonyl (C=O) groups is 1. The van der Waals surface area contributed by atoms with Gasteiger partial charge in [-0.3, -0.25) is 4.79 Å². The van der Waals surface area contributed by atoms with Crippen LogP contribution in [0.25, 0.3) is 0 Å². The van der Waals surface area contributed by atoms with Crippen LogP contribution in [0.15, 0.2) is 0 Å². The third-order valence-electron chi connectivity index (χ3n) is 3.95. The summed E-state index contributed by atoms with van der Waals surface area (Å²) < 4.78 is 5.71. The minimum Gasteiger partial charge on any atom is -0.462 e. The lowest BCUT2D eigenvalue weighted by Crippen LogP contribution is -2.30. The Balaban J connectivity index is 4.07. The molecular weight excluding hydrogens is 236 g/mol. The number of carbonyl (C=O) groups excluding carboxylic acids is 1. The van der Waals surface area contributed by atoms with Gasteiger partial charge in [0.1, 0.15) is 6.10 Å². The van der Waals surface area contributed by atoms with Crippen LogP contribution in [0.3, 0.4) is 0 Å². The van der Waals surface area contributed by atoms with Crippen LogP contribution in [0.2, 0.25) is 0 Å². The summed E-state index contributed by atoms with van der Waals surface area (Å²) in [5, 5.41) is 0. The maximum atomic E-state index is 12.1. The Bertz CT molecular complexity index is 233. The van der Waals surface area contributed by atoms with E-state index < -0.39 is 0 Å². The van der Waals surface area contributed by atoms with Crippen LogP contribution in [0.5, 0.6) is 0 Å². The van der Waals surface area contributed by atoms with Crippen LogP contribution < -0.4 is 0 Å². The average Bonchev–Trinajstić information content (AvgIpc) is 2.38. The zero-order valence-electron chi connectivity index (χ0n) is 13.8. The van der Waals surface area contributed by atoms with E-state index in [0.717, 1.165) is 25.7 Å². The molecule has 0 aliphatic rings. The molecule has 2 nitrogen and oxygen atoms in total. The van der Waals surface area contributed by atoms with E-state index in [-0.39, 0.29) is 17.5 Å². The molecule has 0 radical (unpaired) electrons. The highest BCUT2D eigenvalue weighted by Gasteiger charge is 2.29. The predicted molar refractivity (Wildman–Crippen MR) is 82.2 cm³/mol. The fourth-order valence-corrected chi connectivity index (χ4v) is 2.01. The van der Waals surface area contributed by atoms with Gasteiger partial charge < -0.3 is 4.74 Å². The number of hydrogen-bond acceptors (Lipinski definition) is 2. The molecule has 0 spiro atoms. The standard InChI is InChI=1S/C17H34O2/c1-6-9-10-11-12-14-15(13-7-2)19-16(18)17(4,5)8-3/h15H,6-14H2,1-5H3. The number of esters is 1. The van der Waals surface area contributed by atoms with E-state index >= 15 is 0 Å². The van der Waals surface area contributed by atoms with Crippen molar-refractivity contribution in [3.05, 3.63) is 0 Å². The number of hydrogen-bond donors (Lipinski definition) is 0. The van der Waals surface area contributed by atoms with Gasteiger partial charge in [-0.25, -0.2) is 0 Å². The molecule has 0 aliphatic heterocycles. The zero-order valence-corrected chi connectivity index (χ0v) is 13.8.